The molecule has 0 aliphatic heterocycles. The van der Waals surface area contributed by atoms with Crippen molar-refractivity contribution < 1.29 is 0 Å². The third kappa shape index (κ3) is 2.72. The van der Waals surface area contributed by atoms with Crippen molar-refractivity contribution in [1.29, 1.82) is 0 Å². The van der Waals surface area contributed by atoms with E-state index < -0.39 is 0 Å². The molecule has 2 rings (SSSR count). The maximum atomic E-state index is 6.07. The molecule has 90 valence electrons. The summed E-state index contributed by atoms with van der Waals surface area (Å²) < 4.78 is 1.52. The van der Waals surface area contributed by atoms with E-state index in [1.165, 1.54) is 4.68 Å². The molecule has 1 aromatic heterocycles. The monoisotopic (exact) mass is 290 g/mol. The molecule has 17 heavy (non-hydrogen) atoms. The molecule has 0 amide bonds. The molecule has 0 atom stereocenters. The molecule has 4 nitrogen and oxygen atoms in total. The molecule has 0 spiro atoms. The lowest BCUT2D eigenvalue weighted by molar-refractivity contribution is 0.795. The van der Waals surface area contributed by atoms with Crippen LogP contribution in [0.1, 0.15) is 5.69 Å². The van der Waals surface area contributed by atoms with Crippen LogP contribution in [0.5, 0.6) is 0 Å². The predicted molar refractivity (Wildman–Crippen MR) is 69.1 cm³/mol. The molecule has 0 saturated carbocycles. The minimum atomic E-state index is 0.423. The second-order valence-corrected chi connectivity index (χ2v) is 4.66. The Morgan fingerprint density at radius 2 is 1.82 bits per heavy atom. The van der Waals surface area contributed by atoms with Gasteiger partial charge in [-0.2, -0.15) is 0 Å². The fraction of sp³-hybridized carbons (Fsp3) is 0.200. The normalized spacial score (nSPS) is 10.8. The van der Waals surface area contributed by atoms with E-state index in [-0.39, 0.29) is 0 Å². The first-order valence-electron chi connectivity index (χ1n) is 4.88. The van der Waals surface area contributed by atoms with Gasteiger partial charge < -0.3 is 5.73 Å². The van der Waals surface area contributed by atoms with E-state index in [0.717, 1.165) is 5.69 Å². The zero-order chi connectivity index (χ0) is 12.4. The van der Waals surface area contributed by atoms with Crippen molar-refractivity contribution in [3.05, 3.63) is 39.1 Å². The molecule has 0 bridgehead atoms. The summed E-state index contributed by atoms with van der Waals surface area (Å²) in [5, 5.41) is 9.25. The maximum Gasteiger partial charge on any atom is 0.104 e. The molecule has 0 aliphatic carbocycles. The summed E-state index contributed by atoms with van der Waals surface area (Å²) in [5.74, 6) is 0. The molecule has 0 saturated heterocycles. The highest BCUT2D eigenvalue weighted by atomic mass is 35.5. The van der Waals surface area contributed by atoms with E-state index in [1.807, 2.05) is 0 Å². The number of halogens is 3. The van der Waals surface area contributed by atoms with Gasteiger partial charge in [-0.05, 0) is 18.7 Å². The van der Waals surface area contributed by atoms with Crippen LogP contribution >= 0.6 is 34.8 Å². The average molecular weight is 292 g/mol. The number of nitrogens with zero attached hydrogens (tertiary/aromatic N) is 3. The van der Waals surface area contributed by atoms with Crippen LogP contribution in [0.15, 0.2) is 18.3 Å². The van der Waals surface area contributed by atoms with E-state index in [4.69, 9.17) is 40.5 Å². The highest BCUT2D eigenvalue weighted by Gasteiger charge is 2.11. The number of hydrogen-bond acceptors (Lipinski definition) is 3. The number of nitrogens with two attached hydrogens (primary N) is 1. The SMILES string of the molecule is NCCc1cn(-c2c(Cl)cc(Cl)cc2Cl)nn1. The van der Waals surface area contributed by atoms with E-state index in [2.05, 4.69) is 10.3 Å². The zero-order valence-corrected chi connectivity index (χ0v) is 11.0. The van der Waals surface area contributed by atoms with Gasteiger partial charge >= 0.3 is 0 Å². The van der Waals surface area contributed by atoms with Crippen LogP contribution in [0.4, 0.5) is 0 Å². The first kappa shape index (κ1) is 12.6. The van der Waals surface area contributed by atoms with Gasteiger partial charge in [0, 0.05) is 11.4 Å². The zero-order valence-electron chi connectivity index (χ0n) is 8.70. The molecule has 0 unspecified atom stereocenters. The van der Waals surface area contributed by atoms with Crippen LogP contribution < -0.4 is 5.73 Å². The lowest BCUT2D eigenvalue weighted by atomic mass is 10.3. The fourth-order valence-corrected chi connectivity index (χ4v) is 2.41. The van der Waals surface area contributed by atoms with Crippen molar-refractivity contribution in [1.82, 2.24) is 15.0 Å². The van der Waals surface area contributed by atoms with E-state index in [1.54, 1.807) is 18.3 Å². The number of hydrogen-bond donors (Lipinski definition) is 1. The Kier molecular flexibility index (Phi) is 3.89. The molecular weight excluding hydrogens is 282 g/mol. The Morgan fingerprint density at radius 1 is 1.18 bits per heavy atom. The van der Waals surface area contributed by atoms with Gasteiger partial charge in [-0.1, -0.05) is 40.0 Å². The van der Waals surface area contributed by atoms with Crippen molar-refractivity contribution in [2.24, 2.45) is 5.73 Å². The Hall–Kier alpha value is -0.810. The molecule has 2 N–H and O–H groups in total. The molecule has 7 heteroatoms. The smallest absolute Gasteiger partial charge is 0.104 e. The van der Waals surface area contributed by atoms with Crippen molar-refractivity contribution in [2.75, 3.05) is 6.54 Å². The summed E-state index contributed by atoms with van der Waals surface area (Å²) in [4.78, 5) is 0. The van der Waals surface area contributed by atoms with Gasteiger partial charge in [0.2, 0.25) is 0 Å². The van der Waals surface area contributed by atoms with Crippen molar-refractivity contribution in [3.63, 3.8) is 0 Å². The van der Waals surface area contributed by atoms with Crippen LogP contribution in [0, 0.1) is 0 Å². The van der Waals surface area contributed by atoms with Gasteiger partial charge in [0.1, 0.15) is 5.69 Å². The average Bonchev–Trinajstić information content (AvgIpc) is 2.65. The maximum absolute atomic E-state index is 6.07. The van der Waals surface area contributed by atoms with Gasteiger partial charge in [0.15, 0.2) is 0 Å². The predicted octanol–water partition coefficient (Wildman–Crippen LogP) is 2.73. The third-order valence-corrected chi connectivity index (χ3v) is 2.95. The second kappa shape index (κ2) is 5.23. The van der Waals surface area contributed by atoms with Crippen LogP contribution in [-0.4, -0.2) is 21.5 Å². The molecule has 1 heterocycles. The van der Waals surface area contributed by atoms with E-state index >= 15 is 0 Å². The first-order valence-corrected chi connectivity index (χ1v) is 6.01. The van der Waals surface area contributed by atoms with Crippen LogP contribution in [0.3, 0.4) is 0 Å². The Bertz CT molecular complexity index is 515. The lowest BCUT2D eigenvalue weighted by Crippen LogP contribution is -2.02. The summed E-state index contributed by atoms with van der Waals surface area (Å²) in [6.45, 7) is 0.515. The second-order valence-electron chi connectivity index (χ2n) is 3.41. The summed E-state index contributed by atoms with van der Waals surface area (Å²) in [6, 6.07) is 3.21. The van der Waals surface area contributed by atoms with Gasteiger partial charge in [-0.3, -0.25) is 0 Å². The van der Waals surface area contributed by atoms with Crippen LogP contribution in [-0.2, 0) is 6.42 Å². The van der Waals surface area contributed by atoms with Crippen LogP contribution in [0.2, 0.25) is 15.1 Å². The van der Waals surface area contributed by atoms with Gasteiger partial charge in [0.05, 0.1) is 21.9 Å². The summed E-state index contributed by atoms with van der Waals surface area (Å²) in [6.07, 6.45) is 2.40. The Balaban J connectivity index is 2.45. The minimum absolute atomic E-state index is 0.423. The number of rotatable bonds is 3. The van der Waals surface area contributed by atoms with Crippen molar-refractivity contribution in [2.45, 2.75) is 6.42 Å². The lowest BCUT2D eigenvalue weighted by Gasteiger charge is -2.06. The molecular formula is C10H9Cl3N4. The fourth-order valence-electron chi connectivity index (χ4n) is 1.42. The summed E-state index contributed by atoms with van der Waals surface area (Å²) in [5.41, 5.74) is 6.79. The molecule has 2 aromatic rings. The highest BCUT2D eigenvalue weighted by Crippen LogP contribution is 2.31. The first-order chi connectivity index (χ1) is 8.11. The quantitative estimate of drug-likeness (QED) is 0.946. The van der Waals surface area contributed by atoms with Crippen LogP contribution in [0.25, 0.3) is 5.69 Å². The standard InChI is InChI=1S/C10H9Cl3N4/c11-6-3-8(12)10(9(13)4-6)17-5-7(1-2-14)15-16-17/h3-5H,1-2,14H2. The molecule has 0 radical (unpaired) electrons. The largest absolute Gasteiger partial charge is 0.330 e. The third-order valence-electron chi connectivity index (χ3n) is 2.15. The van der Waals surface area contributed by atoms with Gasteiger partial charge in [0.25, 0.3) is 0 Å². The van der Waals surface area contributed by atoms with Crippen molar-refractivity contribution in [3.8, 4) is 5.69 Å². The van der Waals surface area contributed by atoms with E-state index in [0.29, 0.717) is 33.7 Å². The summed E-state index contributed by atoms with van der Waals surface area (Å²) in [7, 11) is 0. The molecule has 1 aromatic carbocycles. The van der Waals surface area contributed by atoms with Crippen molar-refractivity contribution >= 4 is 34.8 Å². The van der Waals surface area contributed by atoms with Gasteiger partial charge in [-0.15, -0.1) is 5.10 Å². The topological polar surface area (TPSA) is 56.7 Å². The Morgan fingerprint density at radius 3 is 2.41 bits per heavy atom. The minimum Gasteiger partial charge on any atom is -0.330 e. The summed E-state index contributed by atoms with van der Waals surface area (Å²) >= 11 is 18.0. The van der Waals surface area contributed by atoms with E-state index in [9.17, 15) is 0 Å². The number of benzene rings is 1. The molecule has 0 fully saturated rings. The molecule has 0 aliphatic rings. The Labute approximate surface area is 113 Å². The number of aromatic nitrogens is 3. The van der Waals surface area contributed by atoms with Gasteiger partial charge in [-0.25, -0.2) is 4.68 Å². The highest BCUT2D eigenvalue weighted by molar-refractivity contribution is 6.40.